The first-order chi connectivity index (χ1) is 7.09. The lowest BCUT2D eigenvalue weighted by atomic mass is 10.0. The Bertz CT molecular complexity index is 204. The van der Waals surface area contributed by atoms with Gasteiger partial charge in [0.15, 0.2) is 0 Å². The Hall–Kier alpha value is -0.570. The van der Waals surface area contributed by atoms with E-state index in [9.17, 15) is 4.79 Å². The molecule has 3 nitrogen and oxygen atoms in total. The van der Waals surface area contributed by atoms with E-state index in [1.807, 2.05) is 0 Å². The van der Waals surface area contributed by atoms with Crippen LogP contribution in [0.25, 0.3) is 0 Å². The van der Waals surface area contributed by atoms with E-state index in [0.717, 1.165) is 5.92 Å². The molecule has 0 heterocycles. The molecule has 2 atom stereocenters. The van der Waals surface area contributed by atoms with Gasteiger partial charge in [-0.15, -0.1) is 0 Å². The summed E-state index contributed by atoms with van der Waals surface area (Å²) in [5.41, 5.74) is 0. The maximum atomic E-state index is 11.4. The molecule has 1 saturated carbocycles. The van der Waals surface area contributed by atoms with Gasteiger partial charge in [-0.2, -0.15) is 0 Å². The van der Waals surface area contributed by atoms with Gasteiger partial charge in [0.2, 0.25) is 5.91 Å². The summed E-state index contributed by atoms with van der Waals surface area (Å²) < 4.78 is 0. The third-order valence-corrected chi connectivity index (χ3v) is 3.30. The van der Waals surface area contributed by atoms with Crippen molar-refractivity contribution in [2.24, 2.45) is 5.92 Å². The highest BCUT2D eigenvalue weighted by Crippen LogP contribution is 2.22. The van der Waals surface area contributed by atoms with Gasteiger partial charge in [-0.25, -0.2) is 0 Å². The fourth-order valence-corrected chi connectivity index (χ4v) is 2.08. The quantitative estimate of drug-likeness (QED) is 0.721. The van der Waals surface area contributed by atoms with E-state index >= 15 is 0 Å². The number of carbonyl (C=O) groups is 1. The maximum absolute atomic E-state index is 11.4. The van der Waals surface area contributed by atoms with Gasteiger partial charge in [-0.3, -0.25) is 4.79 Å². The van der Waals surface area contributed by atoms with Crippen LogP contribution in [-0.2, 0) is 4.79 Å². The minimum Gasteiger partial charge on any atom is -0.348 e. The summed E-state index contributed by atoms with van der Waals surface area (Å²) in [5.74, 6) is 1.04. The molecule has 88 valence electrons. The number of rotatable bonds is 3. The number of carbonyl (C=O) groups excluding carboxylic acids is 1. The molecular weight excluding hydrogens is 188 g/mol. The van der Waals surface area contributed by atoms with Crippen LogP contribution < -0.4 is 5.32 Å². The van der Waals surface area contributed by atoms with Gasteiger partial charge in [0.1, 0.15) is 0 Å². The summed E-state index contributed by atoms with van der Waals surface area (Å²) in [6.07, 6.45) is 6.40. The Kier molecular flexibility index (Phi) is 5.09. The predicted molar refractivity (Wildman–Crippen MR) is 62.7 cm³/mol. The van der Waals surface area contributed by atoms with Crippen LogP contribution in [0.4, 0.5) is 0 Å². The van der Waals surface area contributed by atoms with Crippen molar-refractivity contribution in [1.82, 2.24) is 10.2 Å². The first-order valence-electron chi connectivity index (χ1n) is 6.03. The average molecular weight is 212 g/mol. The summed E-state index contributed by atoms with van der Waals surface area (Å²) >= 11 is 0. The van der Waals surface area contributed by atoms with Crippen molar-refractivity contribution in [3.8, 4) is 0 Å². The van der Waals surface area contributed by atoms with Crippen molar-refractivity contribution in [2.75, 3.05) is 20.6 Å². The van der Waals surface area contributed by atoms with Crippen LogP contribution in [0, 0.1) is 5.92 Å². The highest BCUT2D eigenvalue weighted by Gasteiger charge is 2.16. The summed E-state index contributed by atoms with van der Waals surface area (Å²) in [4.78, 5) is 13.0. The summed E-state index contributed by atoms with van der Waals surface area (Å²) in [6.45, 7) is 2.82. The molecule has 0 bridgehead atoms. The Morgan fingerprint density at radius 3 is 2.67 bits per heavy atom. The van der Waals surface area contributed by atoms with Gasteiger partial charge in [-0.1, -0.05) is 19.8 Å². The van der Waals surface area contributed by atoms with E-state index in [1.165, 1.54) is 32.1 Å². The molecule has 0 aliphatic heterocycles. The average Bonchev–Trinajstić information content (AvgIpc) is 2.39. The van der Waals surface area contributed by atoms with Gasteiger partial charge >= 0.3 is 0 Å². The van der Waals surface area contributed by atoms with Crippen LogP contribution in [0.2, 0.25) is 0 Å². The van der Waals surface area contributed by atoms with Gasteiger partial charge in [-0.05, 0) is 25.2 Å². The van der Waals surface area contributed by atoms with Crippen molar-refractivity contribution < 1.29 is 4.79 Å². The molecule has 0 radical (unpaired) electrons. The van der Waals surface area contributed by atoms with Crippen molar-refractivity contribution in [3.05, 3.63) is 0 Å². The van der Waals surface area contributed by atoms with Gasteiger partial charge in [0, 0.05) is 20.1 Å². The van der Waals surface area contributed by atoms with Gasteiger partial charge < -0.3 is 10.2 Å². The van der Waals surface area contributed by atoms with E-state index in [4.69, 9.17) is 0 Å². The number of hydrogen-bond acceptors (Lipinski definition) is 2. The van der Waals surface area contributed by atoms with Crippen LogP contribution in [0.1, 0.15) is 39.0 Å². The molecule has 1 N–H and O–H groups in total. The van der Waals surface area contributed by atoms with Crippen LogP contribution >= 0.6 is 0 Å². The summed E-state index contributed by atoms with van der Waals surface area (Å²) in [7, 11) is 3.61. The third kappa shape index (κ3) is 4.65. The number of amides is 1. The zero-order valence-corrected chi connectivity index (χ0v) is 10.3. The van der Waals surface area contributed by atoms with E-state index in [1.54, 1.807) is 19.0 Å². The second-order valence-corrected chi connectivity index (χ2v) is 4.98. The number of nitrogens with one attached hydrogen (secondary N) is 1. The molecule has 1 fully saturated rings. The fourth-order valence-electron chi connectivity index (χ4n) is 2.08. The zero-order valence-electron chi connectivity index (χ0n) is 10.3. The molecule has 3 heteroatoms. The molecule has 0 aromatic rings. The number of likely N-dealkylation sites (N-methyl/N-ethyl adjacent to an activating group) is 1. The Labute approximate surface area is 93.2 Å². The number of nitrogens with zero attached hydrogens (tertiary/aromatic N) is 1. The van der Waals surface area contributed by atoms with Crippen molar-refractivity contribution in [1.29, 1.82) is 0 Å². The van der Waals surface area contributed by atoms with Gasteiger partial charge in [0.05, 0.1) is 6.54 Å². The molecule has 1 amide bonds. The lowest BCUT2D eigenvalue weighted by Crippen LogP contribution is -2.38. The molecule has 15 heavy (non-hydrogen) atoms. The van der Waals surface area contributed by atoms with E-state index in [-0.39, 0.29) is 5.91 Å². The predicted octanol–water partition coefficient (Wildman–Crippen LogP) is 1.63. The lowest BCUT2D eigenvalue weighted by molar-refractivity contribution is -0.127. The first kappa shape index (κ1) is 12.5. The number of hydrogen-bond donors (Lipinski definition) is 1. The third-order valence-electron chi connectivity index (χ3n) is 3.30. The van der Waals surface area contributed by atoms with Crippen molar-refractivity contribution >= 4 is 5.91 Å². The van der Waals surface area contributed by atoms with E-state index < -0.39 is 0 Å². The normalized spacial score (nSPS) is 27.1. The van der Waals surface area contributed by atoms with Gasteiger partial charge in [0.25, 0.3) is 0 Å². The fraction of sp³-hybridized carbons (Fsp3) is 0.917. The molecule has 0 aromatic heterocycles. The second-order valence-electron chi connectivity index (χ2n) is 4.98. The summed E-state index contributed by atoms with van der Waals surface area (Å²) in [6, 6.07) is 0.554. The maximum Gasteiger partial charge on any atom is 0.236 e. The summed E-state index contributed by atoms with van der Waals surface area (Å²) in [5, 5.41) is 3.37. The Balaban J connectivity index is 2.23. The monoisotopic (exact) mass is 212 g/mol. The zero-order chi connectivity index (χ0) is 11.3. The first-order valence-corrected chi connectivity index (χ1v) is 6.03. The van der Waals surface area contributed by atoms with Crippen molar-refractivity contribution in [3.63, 3.8) is 0 Å². The molecule has 0 aromatic carbocycles. The van der Waals surface area contributed by atoms with Crippen LogP contribution in [-0.4, -0.2) is 37.5 Å². The lowest BCUT2D eigenvalue weighted by Gasteiger charge is -2.17. The Morgan fingerprint density at radius 1 is 1.27 bits per heavy atom. The Morgan fingerprint density at radius 2 is 2.00 bits per heavy atom. The van der Waals surface area contributed by atoms with Crippen LogP contribution in [0.5, 0.6) is 0 Å². The molecular formula is C12H24N2O. The smallest absolute Gasteiger partial charge is 0.236 e. The minimum absolute atomic E-state index is 0.173. The standard InChI is InChI=1S/C12H24N2O/c1-10-5-4-6-11(8-7-10)13-9-12(15)14(2)3/h10-11,13H,4-9H2,1-3H3. The van der Waals surface area contributed by atoms with E-state index in [0.29, 0.717) is 12.6 Å². The highest BCUT2D eigenvalue weighted by molar-refractivity contribution is 5.77. The van der Waals surface area contributed by atoms with Crippen LogP contribution in [0.3, 0.4) is 0 Å². The molecule has 2 unspecified atom stereocenters. The van der Waals surface area contributed by atoms with Crippen LogP contribution in [0.15, 0.2) is 0 Å². The molecule has 1 aliphatic rings. The van der Waals surface area contributed by atoms with E-state index in [2.05, 4.69) is 12.2 Å². The highest BCUT2D eigenvalue weighted by atomic mass is 16.2. The van der Waals surface area contributed by atoms with Crippen molar-refractivity contribution in [2.45, 2.75) is 45.1 Å². The molecule has 0 spiro atoms. The second kappa shape index (κ2) is 6.11. The topological polar surface area (TPSA) is 32.3 Å². The minimum atomic E-state index is 0.173. The SMILES string of the molecule is CC1CCCC(NCC(=O)N(C)C)CC1. The largest absolute Gasteiger partial charge is 0.348 e. The molecule has 0 saturated heterocycles. The molecule has 1 aliphatic carbocycles. The molecule has 1 rings (SSSR count).